The molecule has 2 rings (SSSR count). The van der Waals surface area contributed by atoms with E-state index in [-0.39, 0.29) is 21.9 Å². The average Bonchev–Trinajstić information content (AvgIpc) is 2.95. The van der Waals surface area contributed by atoms with Crippen molar-refractivity contribution in [2.24, 2.45) is 5.41 Å². The minimum Gasteiger partial charge on any atom is -0.392 e. The molecule has 1 saturated carbocycles. The van der Waals surface area contributed by atoms with Crippen LogP contribution < -0.4 is 4.72 Å². The third-order valence-corrected chi connectivity index (χ3v) is 6.31. The Balaban J connectivity index is 2.13. The highest BCUT2D eigenvalue weighted by atomic mass is 35.5. The Labute approximate surface area is 131 Å². The smallest absolute Gasteiger partial charge is 0.240 e. The molecule has 2 N–H and O–H groups in total. The van der Waals surface area contributed by atoms with E-state index in [0.29, 0.717) is 12.1 Å². The molecule has 21 heavy (non-hydrogen) atoms. The van der Waals surface area contributed by atoms with Crippen LogP contribution >= 0.6 is 11.6 Å². The van der Waals surface area contributed by atoms with Gasteiger partial charge >= 0.3 is 0 Å². The Morgan fingerprint density at radius 1 is 1.33 bits per heavy atom. The summed E-state index contributed by atoms with van der Waals surface area (Å²) >= 11 is 5.97. The van der Waals surface area contributed by atoms with Crippen molar-refractivity contribution < 1.29 is 13.5 Å². The van der Waals surface area contributed by atoms with E-state index >= 15 is 0 Å². The quantitative estimate of drug-likeness (QED) is 0.841. The fraction of sp³-hybridized carbons (Fsp3) is 0.600. The first-order valence-electron chi connectivity index (χ1n) is 7.31. The SMILES string of the molecule is CCC1(CNS(=O)(=O)c2ccc(CO)c(Cl)c2)CCCC1. The Morgan fingerprint density at radius 3 is 2.52 bits per heavy atom. The van der Waals surface area contributed by atoms with Gasteiger partial charge in [0.1, 0.15) is 0 Å². The molecular weight excluding hydrogens is 310 g/mol. The van der Waals surface area contributed by atoms with Crippen molar-refractivity contribution >= 4 is 21.6 Å². The molecule has 0 bridgehead atoms. The number of hydrogen-bond donors (Lipinski definition) is 2. The molecule has 1 aromatic rings. The van der Waals surface area contributed by atoms with Gasteiger partial charge < -0.3 is 5.11 Å². The van der Waals surface area contributed by atoms with E-state index in [9.17, 15) is 8.42 Å². The van der Waals surface area contributed by atoms with E-state index in [0.717, 1.165) is 19.3 Å². The molecule has 0 aliphatic heterocycles. The fourth-order valence-corrected chi connectivity index (χ4v) is 4.42. The summed E-state index contributed by atoms with van der Waals surface area (Å²) in [5.41, 5.74) is 0.624. The maximum Gasteiger partial charge on any atom is 0.240 e. The van der Waals surface area contributed by atoms with Crippen molar-refractivity contribution in [1.29, 1.82) is 0 Å². The van der Waals surface area contributed by atoms with Crippen LogP contribution in [-0.2, 0) is 16.6 Å². The third kappa shape index (κ3) is 3.77. The molecule has 0 amide bonds. The number of nitrogens with one attached hydrogen (secondary N) is 1. The van der Waals surface area contributed by atoms with Gasteiger partial charge in [-0.2, -0.15) is 0 Å². The van der Waals surface area contributed by atoms with Crippen LogP contribution in [0.1, 0.15) is 44.6 Å². The van der Waals surface area contributed by atoms with Crippen LogP contribution in [0.2, 0.25) is 5.02 Å². The van der Waals surface area contributed by atoms with E-state index in [4.69, 9.17) is 16.7 Å². The summed E-state index contributed by atoms with van der Waals surface area (Å²) in [5.74, 6) is 0. The van der Waals surface area contributed by atoms with Gasteiger partial charge in [0.25, 0.3) is 0 Å². The van der Waals surface area contributed by atoms with Crippen LogP contribution in [0, 0.1) is 5.41 Å². The minimum absolute atomic E-state index is 0.0991. The topological polar surface area (TPSA) is 66.4 Å². The van der Waals surface area contributed by atoms with Crippen molar-refractivity contribution in [3.05, 3.63) is 28.8 Å². The van der Waals surface area contributed by atoms with Crippen LogP contribution in [0.25, 0.3) is 0 Å². The second-order valence-corrected chi connectivity index (χ2v) is 7.97. The summed E-state index contributed by atoms with van der Waals surface area (Å²) in [6, 6.07) is 4.41. The van der Waals surface area contributed by atoms with Crippen molar-refractivity contribution in [2.45, 2.75) is 50.5 Å². The summed E-state index contributed by atoms with van der Waals surface area (Å²) in [6.07, 6.45) is 5.49. The molecule has 0 saturated heterocycles. The highest BCUT2D eigenvalue weighted by molar-refractivity contribution is 7.89. The van der Waals surface area contributed by atoms with E-state index in [1.54, 1.807) is 6.07 Å². The Hall–Kier alpha value is -0.620. The number of sulfonamides is 1. The first-order chi connectivity index (χ1) is 9.92. The van der Waals surface area contributed by atoms with Gasteiger partial charge in [-0.05, 0) is 42.4 Å². The van der Waals surface area contributed by atoms with Crippen molar-refractivity contribution in [3.63, 3.8) is 0 Å². The first kappa shape index (κ1) is 16.7. The molecular formula is C15H22ClNO3S. The molecule has 1 aromatic carbocycles. The summed E-state index contributed by atoms with van der Waals surface area (Å²) in [5, 5.41) is 9.35. The number of hydrogen-bond acceptors (Lipinski definition) is 3. The van der Waals surface area contributed by atoms with E-state index in [1.807, 2.05) is 0 Å². The number of halogens is 1. The monoisotopic (exact) mass is 331 g/mol. The molecule has 6 heteroatoms. The molecule has 0 unspecified atom stereocenters. The van der Waals surface area contributed by atoms with Gasteiger partial charge in [-0.3, -0.25) is 0 Å². The van der Waals surface area contributed by atoms with Gasteiger partial charge in [-0.25, -0.2) is 13.1 Å². The van der Waals surface area contributed by atoms with Gasteiger partial charge in [-0.15, -0.1) is 0 Å². The molecule has 118 valence electrons. The van der Waals surface area contributed by atoms with Crippen LogP contribution in [0.3, 0.4) is 0 Å². The summed E-state index contributed by atoms with van der Waals surface area (Å²) in [6.45, 7) is 2.39. The molecule has 0 spiro atoms. The average molecular weight is 332 g/mol. The van der Waals surface area contributed by atoms with Crippen molar-refractivity contribution in [3.8, 4) is 0 Å². The third-order valence-electron chi connectivity index (χ3n) is 4.56. The molecule has 0 heterocycles. The maximum absolute atomic E-state index is 12.4. The van der Waals surface area contributed by atoms with Gasteiger partial charge in [-0.1, -0.05) is 37.4 Å². The summed E-state index contributed by atoms with van der Waals surface area (Å²) in [4.78, 5) is 0.147. The van der Waals surface area contributed by atoms with Crippen molar-refractivity contribution in [1.82, 2.24) is 4.72 Å². The lowest BCUT2D eigenvalue weighted by atomic mass is 9.84. The lowest BCUT2D eigenvalue weighted by Gasteiger charge is -2.27. The van der Waals surface area contributed by atoms with E-state index < -0.39 is 10.0 Å². The van der Waals surface area contributed by atoms with Crippen LogP contribution in [0.15, 0.2) is 23.1 Å². The maximum atomic E-state index is 12.4. The normalized spacial score (nSPS) is 18.0. The highest BCUT2D eigenvalue weighted by Crippen LogP contribution is 2.40. The van der Waals surface area contributed by atoms with Crippen LogP contribution in [0.5, 0.6) is 0 Å². The Bertz CT molecular complexity index is 595. The first-order valence-corrected chi connectivity index (χ1v) is 9.17. The van der Waals surface area contributed by atoms with Gasteiger partial charge in [0.15, 0.2) is 0 Å². The number of aliphatic hydroxyl groups excluding tert-OH is 1. The zero-order chi connectivity index (χ0) is 15.5. The number of benzene rings is 1. The second-order valence-electron chi connectivity index (χ2n) is 5.80. The molecule has 0 aromatic heterocycles. The van der Waals surface area contributed by atoms with Crippen LogP contribution in [0.4, 0.5) is 0 Å². The standard InChI is InChI=1S/C15H22ClNO3S/c1-2-15(7-3-4-8-15)11-17-21(19,20)13-6-5-12(10-18)14(16)9-13/h5-6,9,17-18H,2-4,7-8,10-11H2,1H3. The van der Waals surface area contributed by atoms with Gasteiger partial charge in [0.2, 0.25) is 10.0 Å². The zero-order valence-corrected chi connectivity index (χ0v) is 13.8. The predicted molar refractivity (Wildman–Crippen MR) is 83.8 cm³/mol. The fourth-order valence-electron chi connectivity index (χ4n) is 2.94. The minimum atomic E-state index is -3.56. The van der Waals surface area contributed by atoms with E-state index in [1.165, 1.54) is 25.0 Å². The molecule has 4 nitrogen and oxygen atoms in total. The van der Waals surface area contributed by atoms with E-state index in [2.05, 4.69) is 11.6 Å². The predicted octanol–water partition coefficient (Wildman–Crippen LogP) is 3.08. The molecule has 1 fully saturated rings. The summed E-state index contributed by atoms with van der Waals surface area (Å²) in [7, 11) is -3.56. The van der Waals surface area contributed by atoms with Gasteiger partial charge in [0.05, 0.1) is 11.5 Å². The number of rotatable bonds is 6. The molecule has 0 atom stereocenters. The molecule has 1 aliphatic carbocycles. The largest absolute Gasteiger partial charge is 0.392 e. The van der Waals surface area contributed by atoms with Crippen LogP contribution in [-0.4, -0.2) is 20.1 Å². The Morgan fingerprint density at radius 2 is 2.00 bits per heavy atom. The molecule has 0 radical (unpaired) electrons. The van der Waals surface area contributed by atoms with Crippen molar-refractivity contribution in [2.75, 3.05) is 6.54 Å². The zero-order valence-electron chi connectivity index (χ0n) is 12.2. The van der Waals surface area contributed by atoms with Gasteiger partial charge in [0, 0.05) is 11.6 Å². The lowest BCUT2D eigenvalue weighted by Crippen LogP contribution is -2.35. The lowest BCUT2D eigenvalue weighted by molar-refractivity contribution is 0.282. The second kappa shape index (κ2) is 6.65. The Kier molecular flexibility index (Phi) is 5.30. The number of aliphatic hydroxyl groups is 1. The summed E-state index contributed by atoms with van der Waals surface area (Å²) < 4.78 is 27.5. The molecule has 1 aliphatic rings. The highest BCUT2D eigenvalue weighted by Gasteiger charge is 2.33.